The SMILES string of the molecule is CN(C)C(=O)NC(CC(=O)N1CCOCC1)C(=O)NC(CCCc1ccccc1)B(O)O. The summed E-state index contributed by atoms with van der Waals surface area (Å²) in [5, 5.41) is 24.6. The zero-order valence-electron chi connectivity index (χ0n) is 18.7. The third-order valence-electron chi connectivity index (χ3n) is 5.27. The average Bonchev–Trinajstić information content (AvgIpc) is 2.78. The molecule has 1 aliphatic heterocycles. The number of aryl methyl sites for hydroxylation is 1. The topological polar surface area (TPSA) is 131 Å². The van der Waals surface area contributed by atoms with Gasteiger partial charge in [-0.3, -0.25) is 9.59 Å². The smallest absolute Gasteiger partial charge is 0.426 e. The van der Waals surface area contributed by atoms with Gasteiger partial charge in [0.25, 0.3) is 0 Å². The number of carbonyl (C=O) groups is 3. The number of nitrogens with one attached hydrogen (secondary N) is 2. The molecule has 0 bridgehead atoms. The van der Waals surface area contributed by atoms with E-state index in [1.807, 2.05) is 30.3 Å². The highest BCUT2D eigenvalue weighted by atomic mass is 16.5. The number of nitrogens with zero attached hydrogens (tertiary/aromatic N) is 2. The fourth-order valence-electron chi connectivity index (χ4n) is 3.35. The van der Waals surface area contributed by atoms with Crippen LogP contribution in [0.3, 0.4) is 0 Å². The van der Waals surface area contributed by atoms with Crippen molar-refractivity contribution in [3.05, 3.63) is 35.9 Å². The van der Waals surface area contributed by atoms with Crippen LogP contribution in [0.25, 0.3) is 0 Å². The molecule has 11 heteroatoms. The maximum atomic E-state index is 12.9. The van der Waals surface area contributed by atoms with Crippen molar-refractivity contribution in [1.29, 1.82) is 0 Å². The minimum atomic E-state index is -1.77. The standard InChI is InChI=1S/C21H33BN4O6/c1-25(2)21(29)23-17(15-19(27)26-11-13-32-14-12-26)20(28)24-18(22(30)31)10-6-9-16-7-4-3-5-8-16/h3-5,7-8,17-18,30-31H,6,9-15H2,1-2H3,(H,23,29)(H,24,28). The second-order valence-electron chi connectivity index (χ2n) is 8.00. The number of carbonyl (C=O) groups excluding carboxylic acids is 3. The lowest BCUT2D eigenvalue weighted by Crippen LogP contribution is -2.56. The third-order valence-corrected chi connectivity index (χ3v) is 5.27. The van der Waals surface area contributed by atoms with E-state index in [2.05, 4.69) is 10.6 Å². The van der Waals surface area contributed by atoms with Crippen molar-refractivity contribution in [2.45, 2.75) is 37.7 Å². The molecule has 10 nitrogen and oxygen atoms in total. The molecule has 0 aliphatic carbocycles. The number of amides is 4. The fraction of sp³-hybridized carbons (Fsp3) is 0.571. The first kappa shape index (κ1) is 25.6. The molecule has 2 rings (SSSR count). The van der Waals surface area contributed by atoms with Crippen molar-refractivity contribution in [2.75, 3.05) is 40.4 Å². The van der Waals surface area contributed by atoms with Crippen LogP contribution in [0.4, 0.5) is 4.79 Å². The number of hydrogen-bond acceptors (Lipinski definition) is 6. The van der Waals surface area contributed by atoms with E-state index in [-0.39, 0.29) is 12.3 Å². The van der Waals surface area contributed by atoms with Gasteiger partial charge in [-0.15, -0.1) is 0 Å². The number of morpholine rings is 1. The van der Waals surface area contributed by atoms with E-state index in [1.54, 1.807) is 4.90 Å². The van der Waals surface area contributed by atoms with Crippen molar-refractivity contribution in [2.24, 2.45) is 0 Å². The van der Waals surface area contributed by atoms with Gasteiger partial charge in [0.2, 0.25) is 11.8 Å². The number of rotatable bonds is 10. The van der Waals surface area contributed by atoms with Crippen LogP contribution in [0.15, 0.2) is 30.3 Å². The minimum absolute atomic E-state index is 0.232. The summed E-state index contributed by atoms with van der Waals surface area (Å²) in [6, 6.07) is 8.07. The average molecular weight is 448 g/mol. The minimum Gasteiger partial charge on any atom is -0.426 e. The van der Waals surface area contributed by atoms with Gasteiger partial charge in [0.15, 0.2) is 0 Å². The van der Waals surface area contributed by atoms with Crippen LogP contribution in [0.1, 0.15) is 24.8 Å². The highest BCUT2D eigenvalue weighted by Gasteiger charge is 2.32. The van der Waals surface area contributed by atoms with E-state index in [0.29, 0.717) is 39.1 Å². The van der Waals surface area contributed by atoms with Crippen molar-refractivity contribution >= 4 is 25.0 Å². The van der Waals surface area contributed by atoms with Gasteiger partial charge in [-0.25, -0.2) is 4.79 Å². The summed E-state index contributed by atoms with van der Waals surface area (Å²) in [6.45, 7) is 1.69. The van der Waals surface area contributed by atoms with Gasteiger partial charge in [-0.05, 0) is 24.8 Å². The molecule has 0 saturated carbocycles. The van der Waals surface area contributed by atoms with Crippen molar-refractivity contribution < 1.29 is 29.2 Å². The number of hydrogen-bond donors (Lipinski definition) is 4. The first-order valence-electron chi connectivity index (χ1n) is 10.8. The van der Waals surface area contributed by atoms with Crippen LogP contribution in [0.5, 0.6) is 0 Å². The predicted octanol–water partition coefficient (Wildman–Crippen LogP) is -0.605. The van der Waals surface area contributed by atoms with Gasteiger partial charge in [-0.2, -0.15) is 0 Å². The van der Waals surface area contributed by atoms with Gasteiger partial charge in [0.05, 0.1) is 25.6 Å². The Labute approximate surface area is 189 Å². The van der Waals surface area contributed by atoms with E-state index in [9.17, 15) is 24.4 Å². The first-order chi connectivity index (χ1) is 15.3. The van der Waals surface area contributed by atoms with Crippen LogP contribution in [0, 0.1) is 0 Å². The summed E-state index contributed by atoms with van der Waals surface area (Å²) in [7, 11) is 1.28. The summed E-state index contributed by atoms with van der Waals surface area (Å²) >= 11 is 0. The number of benzene rings is 1. The van der Waals surface area contributed by atoms with Gasteiger partial charge < -0.3 is 35.2 Å². The summed E-state index contributed by atoms with van der Waals surface area (Å²) in [6.07, 6.45) is 1.43. The molecular weight excluding hydrogens is 415 g/mol. The van der Waals surface area contributed by atoms with Crippen LogP contribution >= 0.6 is 0 Å². The largest absolute Gasteiger partial charge is 0.475 e. The van der Waals surface area contributed by atoms with Gasteiger partial charge in [0, 0.05) is 27.2 Å². The molecule has 176 valence electrons. The molecule has 4 amide bonds. The monoisotopic (exact) mass is 448 g/mol. The van der Waals surface area contributed by atoms with E-state index >= 15 is 0 Å². The quantitative estimate of drug-likeness (QED) is 0.354. The summed E-state index contributed by atoms with van der Waals surface area (Å²) < 4.78 is 5.24. The molecule has 0 spiro atoms. The van der Waals surface area contributed by atoms with Crippen LogP contribution in [-0.4, -0.2) is 97.2 Å². The Hall–Kier alpha value is -2.63. The maximum absolute atomic E-state index is 12.9. The van der Waals surface area contributed by atoms with Crippen molar-refractivity contribution in [1.82, 2.24) is 20.4 Å². The summed E-state index contributed by atoms with van der Waals surface area (Å²) in [4.78, 5) is 40.5. The number of ether oxygens (including phenoxy) is 1. The Morgan fingerprint density at radius 2 is 1.78 bits per heavy atom. The Kier molecular flexibility index (Phi) is 10.4. The first-order valence-corrected chi connectivity index (χ1v) is 10.8. The lowest BCUT2D eigenvalue weighted by Gasteiger charge is -2.29. The molecule has 4 N–H and O–H groups in total. The summed E-state index contributed by atoms with van der Waals surface area (Å²) in [5.41, 5.74) is 1.11. The highest BCUT2D eigenvalue weighted by Crippen LogP contribution is 2.09. The molecule has 0 aromatic heterocycles. The Balaban J connectivity index is 1.99. The van der Waals surface area contributed by atoms with E-state index < -0.39 is 31.0 Å². The predicted molar refractivity (Wildman–Crippen MR) is 120 cm³/mol. The normalized spacial score (nSPS) is 15.4. The van der Waals surface area contributed by atoms with Crippen molar-refractivity contribution in [3.8, 4) is 0 Å². The molecule has 1 heterocycles. The second-order valence-corrected chi connectivity index (χ2v) is 8.00. The second kappa shape index (κ2) is 13.0. The molecule has 2 unspecified atom stereocenters. The molecule has 32 heavy (non-hydrogen) atoms. The van der Waals surface area contributed by atoms with Gasteiger partial charge in [-0.1, -0.05) is 30.3 Å². The zero-order valence-corrected chi connectivity index (χ0v) is 18.7. The van der Waals surface area contributed by atoms with E-state index in [1.165, 1.54) is 19.0 Å². The van der Waals surface area contributed by atoms with Crippen molar-refractivity contribution in [3.63, 3.8) is 0 Å². The number of urea groups is 1. The lowest BCUT2D eigenvalue weighted by atomic mass is 9.76. The molecular formula is C21H33BN4O6. The molecule has 0 radical (unpaired) electrons. The van der Waals surface area contributed by atoms with Crippen LogP contribution in [0.2, 0.25) is 0 Å². The summed E-state index contributed by atoms with van der Waals surface area (Å²) in [5.74, 6) is -1.85. The molecule has 1 aliphatic rings. The Morgan fingerprint density at radius 3 is 2.38 bits per heavy atom. The van der Waals surface area contributed by atoms with Gasteiger partial charge in [0.1, 0.15) is 6.04 Å². The molecule has 1 aromatic rings. The maximum Gasteiger partial charge on any atom is 0.475 e. The fourth-order valence-corrected chi connectivity index (χ4v) is 3.35. The highest BCUT2D eigenvalue weighted by molar-refractivity contribution is 6.43. The molecule has 1 aromatic carbocycles. The van der Waals surface area contributed by atoms with Crippen LogP contribution in [-0.2, 0) is 20.7 Å². The molecule has 1 saturated heterocycles. The van der Waals surface area contributed by atoms with E-state index in [0.717, 1.165) is 12.0 Å². The molecule has 1 fully saturated rings. The zero-order chi connectivity index (χ0) is 23.5. The lowest BCUT2D eigenvalue weighted by molar-refractivity contribution is -0.138. The van der Waals surface area contributed by atoms with Gasteiger partial charge >= 0.3 is 13.1 Å². The third kappa shape index (κ3) is 8.48. The Bertz CT molecular complexity index is 743. The molecule has 2 atom stereocenters. The Morgan fingerprint density at radius 1 is 1.12 bits per heavy atom. The van der Waals surface area contributed by atoms with Crippen LogP contribution < -0.4 is 10.6 Å². The van der Waals surface area contributed by atoms with E-state index in [4.69, 9.17) is 4.74 Å².